The van der Waals surface area contributed by atoms with Crippen LogP contribution in [-0.4, -0.2) is 41.2 Å². The Kier molecular flexibility index (Phi) is 6.32. The van der Waals surface area contributed by atoms with Crippen LogP contribution in [-0.2, 0) is 4.74 Å². The Hall–Kier alpha value is -2.87. The molecule has 0 unspecified atom stereocenters. The number of rotatable bonds is 8. The van der Waals surface area contributed by atoms with Crippen molar-refractivity contribution in [2.45, 2.75) is 6.92 Å². The Balaban J connectivity index is 1.73. The minimum atomic E-state index is -0.543. The lowest BCUT2D eigenvalue weighted by Crippen LogP contribution is -2.19. The van der Waals surface area contributed by atoms with Crippen LogP contribution >= 0.6 is 0 Å². The molecule has 0 aliphatic heterocycles. The number of pyridine rings is 1. The standard InChI is InChI=1S/C16H19N3O5/c1-13-3-2-4-15(11-13)24-10-9-23-8-6-17-16-12-14(19(21)22)5-7-18(16)20/h2-5,7,11-12,20H,6,8-10H2,1H3. The van der Waals surface area contributed by atoms with Crippen LogP contribution in [0.5, 0.6) is 5.75 Å². The maximum absolute atomic E-state index is 10.7. The van der Waals surface area contributed by atoms with Gasteiger partial charge in [0.25, 0.3) is 5.69 Å². The van der Waals surface area contributed by atoms with E-state index in [0.29, 0.717) is 19.8 Å². The quantitative estimate of drug-likeness (QED) is 0.344. The molecule has 128 valence electrons. The van der Waals surface area contributed by atoms with Crippen LogP contribution in [0, 0.1) is 17.0 Å². The molecule has 8 nitrogen and oxygen atoms in total. The maximum atomic E-state index is 10.7. The fourth-order valence-electron chi connectivity index (χ4n) is 1.95. The second-order valence-electron chi connectivity index (χ2n) is 5.00. The fourth-order valence-corrected chi connectivity index (χ4v) is 1.95. The average molecular weight is 333 g/mol. The van der Waals surface area contributed by atoms with Crippen LogP contribution in [0.2, 0.25) is 0 Å². The van der Waals surface area contributed by atoms with Gasteiger partial charge in [-0.15, -0.1) is 0 Å². The van der Waals surface area contributed by atoms with Crippen LogP contribution in [0.1, 0.15) is 5.56 Å². The zero-order chi connectivity index (χ0) is 17.4. The summed E-state index contributed by atoms with van der Waals surface area (Å²) >= 11 is 0. The first kappa shape index (κ1) is 17.5. The van der Waals surface area contributed by atoms with E-state index in [1.54, 1.807) is 0 Å². The minimum Gasteiger partial charge on any atom is -0.491 e. The molecule has 1 aromatic carbocycles. The molecule has 1 N–H and O–H groups in total. The highest BCUT2D eigenvalue weighted by atomic mass is 16.6. The lowest BCUT2D eigenvalue weighted by Gasteiger charge is -2.07. The number of nitrogens with zero attached hydrogens (tertiary/aromatic N) is 3. The van der Waals surface area contributed by atoms with E-state index in [9.17, 15) is 15.3 Å². The first-order chi connectivity index (χ1) is 11.6. The average Bonchev–Trinajstić information content (AvgIpc) is 2.55. The molecule has 8 heteroatoms. The van der Waals surface area contributed by atoms with E-state index < -0.39 is 4.92 Å². The number of hydrogen-bond donors (Lipinski definition) is 1. The molecule has 1 heterocycles. The van der Waals surface area contributed by atoms with E-state index in [-0.39, 0.29) is 17.7 Å². The van der Waals surface area contributed by atoms with E-state index in [1.807, 2.05) is 31.2 Å². The molecule has 0 fully saturated rings. The summed E-state index contributed by atoms with van der Waals surface area (Å²) < 4.78 is 11.6. The Morgan fingerprint density at radius 2 is 2.08 bits per heavy atom. The minimum absolute atomic E-state index is 0.101. The predicted octanol–water partition coefficient (Wildman–Crippen LogP) is 1.94. The Labute approximate surface area is 138 Å². The molecule has 24 heavy (non-hydrogen) atoms. The number of aryl methyl sites for hydroxylation is 1. The van der Waals surface area contributed by atoms with Crippen molar-refractivity contribution in [1.82, 2.24) is 4.73 Å². The summed E-state index contributed by atoms with van der Waals surface area (Å²) in [5.74, 6) is 0.793. The van der Waals surface area contributed by atoms with Crippen molar-refractivity contribution in [1.29, 1.82) is 0 Å². The van der Waals surface area contributed by atoms with Gasteiger partial charge in [-0.3, -0.25) is 15.1 Å². The molecule has 2 rings (SSSR count). The van der Waals surface area contributed by atoms with Gasteiger partial charge in [0.1, 0.15) is 12.4 Å². The van der Waals surface area contributed by atoms with Gasteiger partial charge in [-0.1, -0.05) is 12.1 Å². The van der Waals surface area contributed by atoms with Gasteiger partial charge in [0, 0.05) is 6.07 Å². The first-order valence-electron chi connectivity index (χ1n) is 7.40. The highest BCUT2D eigenvalue weighted by Gasteiger charge is 2.05. The van der Waals surface area contributed by atoms with Crippen LogP contribution < -0.4 is 10.2 Å². The van der Waals surface area contributed by atoms with Crippen molar-refractivity contribution in [3.63, 3.8) is 0 Å². The van der Waals surface area contributed by atoms with Gasteiger partial charge in [-0.25, -0.2) is 0 Å². The first-order valence-corrected chi connectivity index (χ1v) is 7.40. The van der Waals surface area contributed by atoms with E-state index in [2.05, 4.69) is 4.99 Å². The third-order valence-electron chi connectivity index (χ3n) is 3.10. The SMILES string of the molecule is Cc1cccc(OCCOCCN=c2cc([N+](=O)[O-])ccn2O)c1. The molecular weight excluding hydrogens is 314 g/mol. The Morgan fingerprint density at radius 1 is 1.25 bits per heavy atom. The molecule has 0 radical (unpaired) electrons. The summed E-state index contributed by atoms with van der Waals surface area (Å²) in [5, 5.41) is 20.2. The van der Waals surface area contributed by atoms with Crippen LogP contribution in [0.25, 0.3) is 0 Å². The van der Waals surface area contributed by atoms with Crippen molar-refractivity contribution in [2.75, 3.05) is 26.4 Å². The number of ether oxygens (including phenoxy) is 2. The van der Waals surface area contributed by atoms with Gasteiger partial charge in [0.05, 0.1) is 36.9 Å². The maximum Gasteiger partial charge on any atom is 0.274 e. The van der Waals surface area contributed by atoms with Gasteiger partial charge in [0.2, 0.25) is 0 Å². The fraction of sp³-hybridized carbons (Fsp3) is 0.312. The third kappa shape index (κ3) is 5.40. The molecule has 0 amide bonds. The molecule has 0 atom stereocenters. The molecule has 0 aliphatic carbocycles. The summed E-state index contributed by atoms with van der Waals surface area (Å²) in [4.78, 5) is 14.2. The topological polar surface area (TPSA) is 99.1 Å². The van der Waals surface area contributed by atoms with Crippen molar-refractivity contribution >= 4 is 5.69 Å². The number of aromatic nitrogens is 1. The summed E-state index contributed by atoms with van der Waals surface area (Å²) in [6.45, 7) is 3.40. The molecule has 0 saturated heterocycles. The number of hydrogen-bond acceptors (Lipinski definition) is 6. The highest BCUT2D eigenvalue weighted by molar-refractivity contribution is 5.27. The summed E-state index contributed by atoms with van der Waals surface area (Å²) in [5.41, 5.74) is 1.09. The molecule has 0 saturated carbocycles. The van der Waals surface area contributed by atoms with E-state index in [0.717, 1.165) is 16.0 Å². The Morgan fingerprint density at radius 3 is 2.83 bits per heavy atom. The lowest BCUT2D eigenvalue weighted by atomic mass is 10.2. The van der Waals surface area contributed by atoms with Gasteiger partial charge in [-0.2, -0.15) is 4.73 Å². The Bertz CT molecular complexity index is 757. The van der Waals surface area contributed by atoms with E-state index in [1.165, 1.54) is 18.3 Å². The summed E-state index contributed by atoms with van der Waals surface area (Å²) in [6.07, 6.45) is 1.17. The zero-order valence-electron chi connectivity index (χ0n) is 13.3. The molecular formula is C16H19N3O5. The van der Waals surface area contributed by atoms with Gasteiger partial charge >= 0.3 is 0 Å². The van der Waals surface area contributed by atoms with E-state index >= 15 is 0 Å². The zero-order valence-corrected chi connectivity index (χ0v) is 13.3. The van der Waals surface area contributed by atoms with Crippen LogP contribution in [0.4, 0.5) is 5.69 Å². The van der Waals surface area contributed by atoms with Gasteiger partial charge < -0.3 is 14.7 Å². The molecule has 2 aromatic rings. The largest absolute Gasteiger partial charge is 0.491 e. The third-order valence-corrected chi connectivity index (χ3v) is 3.10. The summed E-state index contributed by atoms with van der Waals surface area (Å²) in [6, 6.07) is 10.1. The molecule has 0 aliphatic rings. The van der Waals surface area contributed by atoms with Crippen LogP contribution in [0.3, 0.4) is 0 Å². The number of benzene rings is 1. The van der Waals surface area contributed by atoms with E-state index in [4.69, 9.17) is 9.47 Å². The van der Waals surface area contributed by atoms with Gasteiger partial charge in [0.15, 0.2) is 5.49 Å². The molecule has 0 bridgehead atoms. The monoisotopic (exact) mass is 333 g/mol. The van der Waals surface area contributed by atoms with Gasteiger partial charge in [-0.05, 0) is 24.6 Å². The van der Waals surface area contributed by atoms with Crippen molar-refractivity contribution in [3.05, 3.63) is 63.8 Å². The molecule has 1 aromatic heterocycles. The number of nitro groups is 1. The van der Waals surface area contributed by atoms with Crippen LogP contribution in [0.15, 0.2) is 47.6 Å². The highest BCUT2D eigenvalue weighted by Crippen LogP contribution is 2.11. The smallest absolute Gasteiger partial charge is 0.274 e. The van der Waals surface area contributed by atoms with Crippen molar-refractivity contribution in [2.24, 2.45) is 4.99 Å². The predicted molar refractivity (Wildman–Crippen MR) is 86.2 cm³/mol. The normalized spacial score (nSPS) is 11.5. The molecule has 0 spiro atoms. The van der Waals surface area contributed by atoms with Crippen molar-refractivity contribution < 1.29 is 19.6 Å². The second kappa shape index (κ2) is 8.68. The second-order valence-corrected chi connectivity index (χ2v) is 5.00. The van der Waals surface area contributed by atoms with Crippen molar-refractivity contribution in [3.8, 4) is 5.75 Å². The summed E-state index contributed by atoms with van der Waals surface area (Å²) in [7, 11) is 0. The lowest BCUT2D eigenvalue weighted by molar-refractivity contribution is -0.385.